The molecule has 0 fully saturated rings. The first-order valence-corrected chi connectivity index (χ1v) is 4.14. The van der Waals surface area contributed by atoms with Crippen molar-refractivity contribution in [3.63, 3.8) is 0 Å². The summed E-state index contributed by atoms with van der Waals surface area (Å²) < 4.78 is 0. The topological polar surface area (TPSA) is 28.0 Å². The second-order valence-corrected chi connectivity index (χ2v) is 2.89. The van der Waals surface area contributed by atoms with E-state index in [2.05, 4.69) is 16.7 Å². The first-order chi connectivity index (χ1) is 6.06. The summed E-state index contributed by atoms with van der Waals surface area (Å²) >= 11 is 0. The Morgan fingerprint density at radius 2 is 1.92 bits per heavy atom. The molecule has 0 radical (unpaired) electrons. The zero-order valence-corrected chi connectivity index (χ0v) is 8.78. The van der Waals surface area contributed by atoms with Gasteiger partial charge in [-0.25, -0.2) is 0 Å². The summed E-state index contributed by atoms with van der Waals surface area (Å²) in [4.78, 5) is 4.10. The van der Waals surface area contributed by atoms with Crippen LogP contribution in [0.3, 0.4) is 0 Å². The molecule has 0 aliphatic carbocycles. The van der Waals surface area contributed by atoms with Gasteiger partial charge in [-0.1, -0.05) is 6.58 Å². The first kappa shape index (κ1) is 11.6. The van der Waals surface area contributed by atoms with E-state index in [1.165, 1.54) is 0 Å². The molecule has 0 aliphatic heterocycles. The SMILES string of the molecule is C=CC(C)=N/C=C\N(C)N=C(C)C. The van der Waals surface area contributed by atoms with Crippen LogP contribution in [0.1, 0.15) is 20.8 Å². The monoisotopic (exact) mass is 179 g/mol. The van der Waals surface area contributed by atoms with E-state index in [1.54, 1.807) is 23.5 Å². The smallest absolute Gasteiger partial charge is 0.0450 e. The molecule has 0 saturated carbocycles. The van der Waals surface area contributed by atoms with Gasteiger partial charge in [0.15, 0.2) is 0 Å². The zero-order chi connectivity index (χ0) is 10.3. The fourth-order valence-corrected chi connectivity index (χ4v) is 0.649. The van der Waals surface area contributed by atoms with Crippen LogP contribution in [-0.4, -0.2) is 23.5 Å². The Hall–Kier alpha value is -1.38. The minimum absolute atomic E-state index is 0.891. The molecule has 0 heterocycles. The first-order valence-electron chi connectivity index (χ1n) is 4.14. The number of hydrazone groups is 1. The number of nitrogens with zero attached hydrogens (tertiary/aromatic N) is 3. The number of aliphatic imine (C=N–C) groups is 1. The van der Waals surface area contributed by atoms with Gasteiger partial charge in [-0.05, 0) is 26.8 Å². The van der Waals surface area contributed by atoms with Gasteiger partial charge in [-0.15, -0.1) is 0 Å². The fourth-order valence-electron chi connectivity index (χ4n) is 0.649. The molecule has 0 bridgehead atoms. The Bertz CT molecular complexity index is 245. The lowest BCUT2D eigenvalue weighted by Gasteiger charge is -2.05. The van der Waals surface area contributed by atoms with Gasteiger partial charge in [0.2, 0.25) is 0 Å². The van der Waals surface area contributed by atoms with Gasteiger partial charge in [0.1, 0.15) is 0 Å². The van der Waals surface area contributed by atoms with E-state index in [0.29, 0.717) is 0 Å². The van der Waals surface area contributed by atoms with Gasteiger partial charge in [-0.2, -0.15) is 5.10 Å². The van der Waals surface area contributed by atoms with Crippen LogP contribution < -0.4 is 0 Å². The second-order valence-electron chi connectivity index (χ2n) is 2.89. The Kier molecular flexibility index (Phi) is 5.52. The van der Waals surface area contributed by atoms with Crippen LogP contribution in [0, 0.1) is 0 Å². The molecule has 0 aliphatic rings. The van der Waals surface area contributed by atoms with Gasteiger partial charge in [-0.3, -0.25) is 10.0 Å². The third kappa shape index (κ3) is 7.00. The maximum atomic E-state index is 4.17. The van der Waals surface area contributed by atoms with Crippen molar-refractivity contribution in [3.8, 4) is 0 Å². The Labute approximate surface area is 80.2 Å². The highest BCUT2D eigenvalue weighted by Crippen LogP contribution is 1.89. The molecule has 0 aromatic rings. The highest BCUT2D eigenvalue weighted by molar-refractivity contribution is 5.92. The third-order valence-corrected chi connectivity index (χ3v) is 1.21. The van der Waals surface area contributed by atoms with E-state index in [4.69, 9.17) is 0 Å². The minimum Gasteiger partial charge on any atom is -0.274 e. The van der Waals surface area contributed by atoms with Gasteiger partial charge >= 0.3 is 0 Å². The molecule has 0 rings (SSSR count). The van der Waals surface area contributed by atoms with E-state index in [0.717, 1.165) is 11.4 Å². The van der Waals surface area contributed by atoms with Crippen molar-refractivity contribution in [2.45, 2.75) is 20.8 Å². The molecule has 0 spiro atoms. The van der Waals surface area contributed by atoms with E-state index >= 15 is 0 Å². The number of rotatable bonds is 4. The maximum Gasteiger partial charge on any atom is 0.0450 e. The molecule has 0 saturated heterocycles. The van der Waals surface area contributed by atoms with Gasteiger partial charge in [0.05, 0.1) is 0 Å². The van der Waals surface area contributed by atoms with Crippen LogP contribution in [0.15, 0.2) is 35.1 Å². The summed E-state index contributed by atoms with van der Waals surface area (Å²) in [7, 11) is 1.86. The largest absolute Gasteiger partial charge is 0.274 e. The molecule has 13 heavy (non-hydrogen) atoms. The second kappa shape index (κ2) is 6.17. The summed E-state index contributed by atoms with van der Waals surface area (Å²) in [6.07, 6.45) is 5.20. The van der Waals surface area contributed by atoms with E-state index in [-0.39, 0.29) is 0 Å². The molecule has 72 valence electrons. The Balaban J connectivity index is 4.13. The maximum absolute atomic E-state index is 4.17. The molecule has 0 aromatic heterocycles. The number of hydrogen-bond donors (Lipinski definition) is 0. The van der Waals surface area contributed by atoms with Crippen molar-refractivity contribution < 1.29 is 0 Å². The van der Waals surface area contributed by atoms with Crippen LogP contribution in [0.2, 0.25) is 0 Å². The lowest BCUT2D eigenvalue weighted by atomic mass is 10.4. The van der Waals surface area contributed by atoms with Crippen molar-refractivity contribution >= 4 is 11.4 Å². The standard InChI is InChI=1S/C10H17N3/c1-6-10(4)11-7-8-13(5)12-9(2)3/h6-8H,1H2,2-5H3/b8-7-,11-10?. The van der Waals surface area contributed by atoms with Crippen LogP contribution in [0.4, 0.5) is 0 Å². The lowest BCUT2D eigenvalue weighted by Crippen LogP contribution is -2.03. The van der Waals surface area contributed by atoms with Crippen molar-refractivity contribution in [1.29, 1.82) is 0 Å². The molecule has 0 amide bonds. The third-order valence-electron chi connectivity index (χ3n) is 1.21. The quantitative estimate of drug-likeness (QED) is 0.481. The van der Waals surface area contributed by atoms with Crippen molar-refractivity contribution in [1.82, 2.24) is 5.01 Å². The molecule has 3 nitrogen and oxygen atoms in total. The lowest BCUT2D eigenvalue weighted by molar-refractivity contribution is 0.488. The molecule has 0 atom stereocenters. The molecule has 3 heteroatoms. The van der Waals surface area contributed by atoms with Gasteiger partial charge < -0.3 is 0 Å². The molecule has 0 unspecified atom stereocenters. The van der Waals surface area contributed by atoms with Crippen molar-refractivity contribution in [2.75, 3.05) is 7.05 Å². The molecule has 0 N–H and O–H groups in total. The number of allylic oxidation sites excluding steroid dienone is 1. The van der Waals surface area contributed by atoms with Gasteiger partial charge in [0.25, 0.3) is 0 Å². The van der Waals surface area contributed by atoms with Crippen LogP contribution in [0.5, 0.6) is 0 Å². The summed E-state index contributed by atoms with van der Waals surface area (Å²) in [5.74, 6) is 0. The van der Waals surface area contributed by atoms with Crippen molar-refractivity contribution in [3.05, 3.63) is 25.1 Å². The average molecular weight is 179 g/mol. The highest BCUT2D eigenvalue weighted by Gasteiger charge is 1.83. The molecule has 0 aromatic carbocycles. The zero-order valence-electron chi connectivity index (χ0n) is 8.78. The fraction of sp³-hybridized carbons (Fsp3) is 0.400. The van der Waals surface area contributed by atoms with Crippen LogP contribution >= 0.6 is 0 Å². The number of hydrogen-bond acceptors (Lipinski definition) is 3. The van der Waals surface area contributed by atoms with Gasteiger partial charge in [0, 0.05) is 30.9 Å². The predicted molar refractivity (Wildman–Crippen MR) is 59.0 cm³/mol. The average Bonchev–Trinajstić information content (AvgIpc) is 2.02. The van der Waals surface area contributed by atoms with Crippen LogP contribution in [0.25, 0.3) is 0 Å². The van der Waals surface area contributed by atoms with Crippen molar-refractivity contribution in [2.24, 2.45) is 10.1 Å². The summed E-state index contributed by atoms with van der Waals surface area (Å²) in [5.41, 5.74) is 1.90. The Morgan fingerprint density at radius 1 is 1.31 bits per heavy atom. The highest BCUT2D eigenvalue weighted by atomic mass is 15.4. The summed E-state index contributed by atoms with van der Waals surface area (Å²) in [6.45, 7) is 9.39. The summed E-state index contributed by atoms with van der Waals surface area (Å²) in [5, 5.41) is 5.89. The minimum atomic E-state index is 0.891. The normalized spacial score (nSPS) is 11.5. The van der Waals surface area contributed by atoms with E-state index in [9.17, 15) is 0 Å². The molecular weight excluding hydrogens is 162 g/mol. The van der Waals surface area contributed by atoms with E-state index < -0.39 is 0 Å². The predicted octanol–water partition coefficient (Wildman–Crippen LogP) is 2.43. The summed E-state index contributed by atoms with van der Waals surface area (Å²) in [6, 6.07) is 0. The molecular formula is C10H17N3. The van der Waals surface area contributed by atoms with E-state index in [1.807, 2.05) is 27.8 Å². The Morgan fingerprint density at radius 3 is 2.38 bits per heavy atom. The van der Waals surface area contributed by atoms with Crippen LogP contribution in [-0.2, 0) is 0 Å².